The van der Waals surface area contributed by atoms with Crippen LogP contribution in [-0.4, -0.2) is 27.9 Å². The van der Waals surface area contributed by atoms with Crippen molar-refractivity contribution in [2.75, 3.05) is 0 Å². The average molecular weight is 359 g/mol. The number of nitrogens with one attached hydrogen (secondary N) is 1. The molecule has 0 saturated heterocycles. The van der Waals surface area contributed by atoms with Crippen LogP contribution in [0.5, 0.6) is 0 Å². The van der Waals surface area contributed by atoms with Crippen molar-refractivity contribution in [1.29, 1.82) is 0 Å². The van der Waals surface area contributed by atoms with Crippen molar-refractivity contribution in [3.8, 4) is 0 Å². The second-order valence-corrected chi connectivity index (χ2v) is 5.45. The molecule has 0 heterocycles. The summed E-state index contributed by atoms with van der Waals surface area (Å²) >= 11 is 3.13. The fourth-order valence-electron chi connectivity index (χ4n) is 1.70. The average Bonchev–Trinajstić information content (AvgIpc) is 2.43. The number of benzene rings is 1. The minimum Gasteiger partial charge on any atom is -0.480 e. The van der Waals surface area contributed by atoms with Crippen molar-refractivity contribution in [2.45, 2.75) is 26.3 Å². The Labute approximate surface area is 129 Å². The highest BCUT2D eigenvalue weighted by Gasteiger charge is 2.27. The van der Waals surface area contributed by atoms with Gasteiger partial charge in [0.15, 0.2) is 0 Å². The van der Waals surface area contributed by atoms with Crippen molar-refractivity contribution in [3.63, 3.8) is 0 Å². The van der Waals surface area contributed by atoms with Crippen LogP contribution in [-0.2, 0) is 4.79 Å². The van der Waals surface area contributed by atoms with Gasteiger partial charge in [0.2, 0.25) is 0 Å². The molecule has 1 amide bonds. The van der Waals surface area contributed by atoms with Gasteiger partial charge in [-0.25, -0.2) is 4.79 Å². The van der Waals surface area contributed by atoms with E-state index in [-0.39, 0.29) is 17.2 Å². The molecule has 21 heavy (non-hydrogen) atoms. The van der Waals surface area contributed by atoms with Gasteiger partial charge < -0.3 is 10.4 Å². The molecular formula is C13H15BrN2O5. The fourth-order valence-corrected chi connectivity index (χ4v) is 2.13. The lowest BCUT2D eigenvalue weighted by Gasteiger charge is -2.20. The third-order valence-electron chi connectivity index (χ3n) is 3.17. The topological polar surface area (TPSA) is 110 Å². The Balaban J connectivity index is 3.05. The molecule has 0 bridgehead atoms. The summed E-state index contributed by atoms with van der Waals surface area (Å²) in [7, 11) is 0. The summed E-state index contributed by atoms with van der Waals surface area (Å²) in [5.74, 6) is -2.07. The summed E-state index contributed by atoms with van der Waals surface area (Å²) in [5.41, 5.74) is -0.211. The quantitative estimate of drug-likeness (QED) is 0.599. The van der Waals surface area contributed by atoms with Gasteiger partial charge in [0.25, 0.3) is 11.6 Å². The summed E-state index contributed by atoms with van der Waals surface area (Å²) in [6, 6.07) is 2.69. The second kappa shape index (κ2) is 7.16. The van der Waals surface area contributed by atoms with Gasteiger partial charge in [-0.1, -0.05) is 20.3 Å². The van der Waals surface area contributed by atoms with Crippen LogP contribution in [0.15, 0.2) is 22.7 Å². The van der Waals surface area contributed by atoms with E-state index in [1.807, 2.05) is 6.92 Å². The van der Waals surface area contributed by atoms with E-state index in [0.717, 1.165) is 6.07 Å². The molecule has 0 aromatic heterocycles. The highest BCUT2D eigenvalue weighted by atomic mass is 79.9. The van der Waals surface area contributed by atoms with E-state index in [0.29, 0.717) is 10.9 Å². The van der Waals surface area contributed by atoms with Crippen LogP contribution < -0.4 is 5.32 Å². The number of carbonyl (C=O) groups is 2. The molecule has 1 aromatic rings. The normalized spacial score (nSPS) is 13.3. The summed E-state index contributed by atoms with van der Waals surface area (Å²) in [4.78, 5) is 33.5. The maximum atomic E-state index is 12.1. The number of rotatable bonds is 6. The van der Waals surface area contributed by atoms with Gasteiger partial charge in [-0.2, -0.15) is 0 Å². The number of carboxylic acids is 1. The Morgan fingerprint density at radius 2 is 2.10 bits per heavy atom. The lowest BCUT2D eigenvalue weighted by Crippen LogP contribution is -2.45. The van der Waals surface area contributed by atoms with Gasteiger partial charge in [-0.15, -0.1) is 0 Å². The van der Waals surface area contributed by atoms with Crippen LogP contribution in [0, 0.1) is 16.0 Å². The maximum Gasteiger partial charge on any atom is 0.326 e. The molecule has 2 atom stereocenters. The zero-order valence-electron chi connectivity index (χ0n) is 11.5. The van der Waals surface area contributed by atoms with Crippen molar-refractivity contribution < 1.29 is 19.6 Å². The van der Waals surface area contributed by atoms with Gasteiger partial charge in [0.05, 0.1) is 10.5 Å². The zero-order chi connectivity index (χ0) is 16.2. The van der Waals surface area contributed by atoms with E-state index >= 15 is 0 Å². The van der Waals surface area contributed by atoms with E-state index in [1.165, 1.54) is 12.1 Å². The number of nitro groups is 1. The summed E-state index contributed by atoms with van der Waals surface area (Å²) in [6.45, 7) is 3.53. The molecule has 0 spiro atoms. The Bertz CT molecular complexity index is 576. The van der Waals surface area contributed by atoms with E-state index < -0.39 is 22.8 Å². The largest absolute Gasteiger partial charge is 0.480 e. The first kappa shape index (κ1) is 17.1. The lowest BCUT2D eigenvalue weighted by molar-refractivity contribution is -0.384. The first-order valence-electron chi connectivity index (χ1n) is 6.25. The van der Waals surface area contributed by atoms with Gasteiger partial charge in [0, 0.05) is 16.6 Å². The van der Waals surface area contributed by atoms with E-state index in [1.54, 1.807) is 6.92 Å². The highest BCUT2D eigenvalue weighted by molar-refractivity contribution is 9.10. The number of aliphatic carboxylic acids is 1. The number of nitrogens with zero attached hydrogens (tertiary/aromatic N) is 1. The molecule has 8 heteroatoms. The second-order valence-electron chi connectivity index (χ2n) is 4.60. The number of carbonyl (C=O) groups excluding carboxylic acids is 1. The molecule has 1 aromatic carbocycles. The first-order chi connectivity index (χ1) is 9.77. The number of hydrogen-bond acceptors (Lipinski definition) is 4. The van der Waals surface area contributed by atoms with Gasteiger partial charge >= 0.3 is 5.97 Å². The molecule has 114 valence electrons. The molecule has 0 radical (unpaired) electrons. The summed E-state index contributed by atoms with van der Waals surface area (Å²) in [6.07, 6.45) is 0.577. The highest BCUT2D eigenvalue weighted by Crippen LogP contribution is 2.23. The third kappa shape index (κ3) is 4.25. The molecule has 1 rings (SSSR count). The zero-order valence-corrected chi connectivity index (χ0v) is 13.1. The Morgan fingerprint density at radius 1 is 1.48 bits per heavy atom. The summed E-state index contributed by atoms with van der Waals surface area (Å²) in [5, 5.41) is 22.3. The van der Waals surface area contributed by atoms with Crippen LogP contribution in [0.3, 0.4) is 0 Å². The standard InChI is InChI=1S/C13H15BrN2O5/c1-3-7(2)11(13(18)19)15-12(17)9-6-8(16(20)21)4-5-10(9)14/h4-7,11H,3H2,1-2H3,(H,15,17)(H,18,19)/t7?,11-/m0/s1. The lowest BCUT2D eigenvalue weighted by atomic mass is 9.99. The smallest absolute Gasteiger partial charge is 0.326 e. The number of amides is 1. The minimum atomic E-state index is -1.14. The number of carboxylic acid groups (broad SMARTS) is 1. The Morgan fingerprint density at radius 3 is 2.57 bits per heavy atom. The monoisotopic (exact) mass is 358 g/mol. The van der Waals surface area contributed by atoms with Gasteiger partial charge in [0.1, 0.15) is 6.04 Å². The number of non-ortho nitro benzene ring substituents is 1. The molecule has 7 nitrogen and oxygen atoms in total. The molecule has 2 N–H and O–H groups in total. The van der Waals surface area contributed by atoms with Gasteiger partial charge in [-0.3, -0.25) is 14.9 Å². The van der Waals surface area contributed by atoms with Crippen molar-refractivity contribution >= 4 is 33.5 Å². The summed E-state index contributed by atoms with van der Waals surface area (Å²) < 4.78 is 0.360. The van der Waals surface area contributed by atoms with E-state index in [9.17, 15) is 19.7 Å². The van der Waals surface area contributed by atoms with E-state index in [4.69, 9.17) is 5.11 Å². The molecule has 0 fully saturated rings. The molecule has 0 aliphatic carbocycles. The molecule has 1 unspecified atom stereocenters. The minimum absolute atomic E-state index is 0.0266. The Hall–Kier alpha value is -1.96. The first-order valence-corrected chi connectivity index (χ1v) is 7.04. The molecule has 0 aliphatic heterocycles. The van der Waals surface area contributed by atoms with Crippen LogP contribution in [0.2, 0.25) is 0 Å². The fraction of sp³-hybridized carbons (Fsp3) is 0.385. The predicted octanol–water partition coefficient (Wildman–Crippen LogP) is 2.59. The van der Waals surface area contributed by atoms with Crippen LogP contribution >= 0.6 is 15.9 Å². The van der Waals surface area contributed by atoms with Gasteiger partial charge in [-0.05, 0) is 27.9 Å². The number of hydrogen-bond donors (Lipinski definition) is 2. The number of halogens is 1. The van der Waals surface area contributed by atoms with Crippen molar-refractivity contribution in [1.82, 2.24) is 5.32 Å². The third-order valence-corrected chi connectivity index (χ3v) is 3.86. The van der Waals surface area contributed by atoms with Crippen LogP contribution in [0.25, 0.3) is 0 Å². The van der Waals surface area contributed by atoms with Crippen LogP contribution in [0.1, 0.15) is 30.6 Å². The SMILES string of the molecule is CCC(C)[C@H](NC(=O)c1cc([N+](=O)[O-])ccc1Br)C(=O)O. The van der Waals surface area contributed by atoms with Crippen molar-refractivity contribution in [3.05, 3.63) is 38.3 Å². The molecular weight excluding hydrogens is 344 g/mol. The Kier molecular flexibility index (Phi) is 5.83. The van der Waals surface area contributed by atoms with Crippen LogP contribution in [0.4, 0.5) is 5.69 Å². The molecule has 0 aliphatic rings. The van der Waals surface area contributed by atoms with Crippen molar-refractivity contribution in [2.24, 2.45) is 5.92 Å². The van der Waals surface area contributed by atoms with E-state index in [2.05, 4.69) is 21.2 Å². The number of nitro benzene ring substituents is 1. The maximum absolute atomic E-state index is 12.1. The molecule has 0 saturated carbocycles. The predicted molar refractivity (Wildman–Crippen MR) is 79.1 cm³/mol.